The van der Waals surface area contributed by atoms with Crippen molar-refractivity contribution in [2.45, 2.75) is 76.7 Å². The van der Waals surface area contributed by atoms with Crippen molar-refractivity contribution in [2.24, 2.45) is 5.92 Å². The number of benzene rings is 1. The normalized spacial score (nSPS) is 17.6. The van der Waals surface area contributed by atoms with Crippen LogP contribution >= 0.6 is 0 Å². The molecule has 4 rings (SSSR count). The highest BCUT2D eigenvalue weighted by atomic mass is 16.5. The van der Waals surface area contributed by atoms with Gasteiger partial charge in [-0.3, -0.25) is 14.4 Å². The average Bonchev–Trinajstić information content (AvgIpc) is 3.56. The van der Waals surface area contributed by atoms with Gasteiger partial charge in [0, 0.05) is 37.1 Å². The number of nitrogens with zero attached hydrogens (tertiary/aromatic N) is 2. The Morgan fingerprint density at radius 2 is 1.76 bits per heavy atom. The molecule has 0 unspecified atom stereocenters. The molecular weight excluding hydrogens is 422 g/mol. The first-order valence-electron chi connectivity index (χ1n) is 11.8. The molecule has 1 aromatic heterocycles. The Hall–Kier alpha value is -3.23. The lowest BCUT2D eigenvalue weighted by molar-refractivity contribution is -0.121. The van der Waals surface area contributed by atoms with E-state index in [1.165, 1.54) is 6.92 Å². The largest absolute Gasteiger partial charge is 0.343 e. The summed E-state index contributed by atoms with van der Waals surface area (Å²) in [5.41, 5.74) is 0.679. The standard InChI is InChI=1S/C24H31N5O4/c1-16(30)28-24(13-4-2-3-5-14-24)23-27-21(33-29-23)12-11-20(31)25-18-7-6-8-19(15-18)26-22(32)17-9-10-17/h6-8,15,17H,2-5,9-14H2,1H3,(H,25,31)(H,26,32)(H,28,30). The summed E-state index contributed by atoms with van der Waals surface area (Å²) in [5, 5.41) is 12.9. The summed E-state index contributed by atoms with van der Waals surface area (Å²) in [6.07, 6.45) is 8.13. The van der Waals surface area contributed by atoms with Gasteiger partial charge in [0.15, 0.2) is 5.82 Å². The minimum Gasteiger partial charge on any atom is -0.343 e. The van der Waals surface area contributed by atoms with Crippen LogP contribution in [0.5, 0.6) is 0 Å². The maximum absolute atomic E-state index is 12.5. The highest BCUT2D eigenvalue weighted by Crippen LogP contribution is 2.34. The van der Waals surface area contributed by atoms with E-state index in [0.717, 1.165) is 51.4 Å². The number of carbonyl (C=O) groups excluding carboxylic acids is 3. The van der Waals surface area contributed by atoms with E-state index in [9.17, 15) is 14.4 Å². The van der Waals surface area contributed by atoms with Gasteiger partial charge in [-0.25, -0.2) is 0 Å². The molecule has 0 aliphatic heterocycles. The first kappa shape index (κ1) is 22.9. The summed E-state index contributed by atoms with van der Waals surface area (Å²) < 4.78 is 5.42. The fraction of sp³-hybridized carbons (Fsp3) is 0.542. The monoisotopic (exact) mass is 453 g/mol. The molecule has 3 amide bonds. The van der Waals surface area contributed by atoms with Crippen LogP contribution in [0.15, 0.2) is 28.8 Å². The molecule has 0 bridgehead atoms. The Morgan fingerprint density at radius 1 is 1.06 bits per heavy atom. The van der Waals surface area contributed by atoms with E-state index in [1.807, 2.05) is 0 Å². The third-order valence-electron chi connectivity index (χ3n) is 6.20. The van der Waals surface area contributed by atoms with E-state index in [2.05, 4.69) is 26.1 Å². The second-order valence-corrected chi connectivity index (χ2v) is 9.08. The van der Waals surface area contributed by atoms with Crippen LogP contribution in [0.3, 0.4) is 0 Å². The maximum Gasteiger partial charge on any atom is 0.227 e. The van der Waals surface area contributed by atoms with Crippen LogP contribution in [0.25, 0.3) is 0 Å². The van der Waals surface area contributed by atoms with E-state index in [4.69, 9.17) is 4.52 Å². The van der Waals surface area contributed by atoms with Crippen LogP contribution in [0, 0.1) is 5.92 Å². The van der Waals surface area contributed by atoms with Crippen molar-refractivity contribution in [1.29, 1.82) is 0 Å². The van der Waals surface area contributed by atoms with E-state index >= 15 is 0 Å². The van der Waals surface area contributed by atoms with Crippen LogP contribution in [-0.2, 0) is 26.3 Å². The summed E-state index contributed by atoms with van der Waals surface area (Å²) in [6.45, 7) is 1.50. The lowest BCUT2D eigenvalue weighted by Crippen LogP contribution is -2.45. The highest BCUT2D eigenvalue weighted by molar-refractivity contribution is 5.95. The van der Waals surface area contributed by atoms with Crippen LogP contribution in [0.1, 0.15) is 76.4 Å². The van der Waals surface area contributed by atoms with Crippen LogP contribution in [-0.4, -0.2) is 27.9 Å². The quantitative estimate of drug-likeness (QED) is 0.524. The van der Waals surface area contributed by atoms with Crippen molar-refractivity contribution in [3.63, 3.8) is 0 Å². The number of hydrogen-bond acceptors (Lipinski definition) is 6. The molecular formula is C24H31N5O4. The minimum atomic E-state index is -0.600. The highest BCUT2D eigenvalue weighted by Gasteiger charge is 2.38. The number of hydrogen-bond donors (Lipinski definition) is 3. The van der Waals surface area contributed by atoms with Gasteiger partial charge in [0.2, 0.25) is 23.6 Å². The lowest BCUT2D eigenvalue weighted by Gasteiger charge is -2.30. The molecule has 0 spiro atoms. The van der Waals surface area contributed by atoms with E-state index in [1.54, 1.807) is 24.3 Å². The van der Waals surface area contributed by atoms with Gasteiger partial charge in [-0.05, 0) is 43.9 Å². The van der Waals surface area contributed by atoms with Gasteiger partial charge in [0.25, 0.3) is 0 Å². The number of aryl methyl sites for hydroxylation is 1. The van der Waals surface area contributed by atoms with Crippen molar-refractivity contribution in [3.8, 4) is 0 Å². The van der Waals surface area contributed by atoms with E-state index in [0.29, 0.717) is 29.5 Å². The van der Waals surface area contributed by atoms with Gasteiger partial charge in [-0.15, -0.1) is 0 Å². The summed E-state index contributed by atoms with van der Waals surface area (Å²) in [7, 11) is 0. The zero-order valence-corrected chi connectivity index (χ0v) is 19.0. The van der Waals surface area contributed by atoms with Crippen LogP contribution in [0.2, 0.25) is 0 Å². The molecule has 2 aromatic rings. The first-order chi connectivity index (χ1) is 15.9. The summed E-state index contributed by atoms with van der Waals surface area (Å²) in [5.74, 6) is 0.708. The van der Waals surface area contributed by atoms with E-state index < -0.39 is 5.54 Å². The van der Waals surface area contributed by atoms with Gasteiger partial charge in [-0.1, -0.05) is 36.9 Å². The SMILES string of the molecule is CC(=O)NC1(c2noc(CCC(=O)Nc3cccc(NC(=O)C4CC4)c3)n2)CCCCCC1. The summed E-state index contributed by atoms with van der Waals surface area (Å²) in [4.78, 5) is 40.8. The molecule has 0 radical (unpaired) electrons. The third-order valence-corrected chi connectivity index (χ3v) is 6.20. The fourth-order valence-corrected chi connectivity index (χ4v) is 4.33. The summed E-state index contributed by atoms with van der Waals surface area (Å²) in [6, 6.07) is 7.11. The molecule has 2 aliphatic carbocycles. The molecule has 2 saturated carbocycles. The Bertz CT molecular complexity index is 1010. The second kappa shape index (κ2) is 10.1. The lowest BCUT2D eigenvalue weighted by atomic mass is 9.89. The zero-order valence-electron chi connectivity index (χ0n) is 19.0. The van der Waals surface area contributed by atoms with Gasteiger partial charge < -0.3 is 20.5 Å². The van der Waals surface area contributed by atoms with Crippen molar-refractivity contribution in [3.05, 3.63) is 36.0 Å². The molecule has 3 N–H and O–H groups in total. The molecule has 0 saturated heterocycles. The van der Waals surface area contributed by atoms with Crippen molar-refractivity contribution < 1.29 is 18.9 Å². The summed E-state index contributed by atoms with van der Waals surface area (Å²) >= 11 is 0. The predicted molar refractivity (Wildman–Crippen MR) is 122 cm³/mol. The number of amides is 3. The molecule has 33 heavy (non-hydrogen) atoms. The minimum absolute atomic E-state index is 0.0244. The van der Waals surface area contributed by atoms with Crippen molar-refractivity contribution >= 4 is 29.1 Å². The number of carbonyl (C=O) groups is 3. The first-order valence-corrected chi connectivity index (χ1v) is 11.8. The number of nitrogens with one attached hydrogen (secondary N) is 3. The Balaban J connectivity index is 1.33. The third kappa shape index (κ3) is 6.18. The predicted octanol–water partition coefficient (Wildman–Crippen LogP) is 3.68. The molecule has 0 atom stereocenters. The maximum atomic E-state index is 12.5. The Kier molecular flexibility index (Phi) is 7.05. The Morgan fingerprint density at radius 3 is 2.42 bits per heavy atom. The molecule has 176 valence electrons. The van der Waals surface area contributed by atoms with Gasteiger partial charge in [0.1, 0.15) is 5.54 Å². The van der Waals surface area contributed by atoms with Gasteiger partial charge in [0.05, 0.1) is 0 Å². The van der Waals surface area contributed by atoms with Crippen LogP contribution in [0.4, 0.5) is 11.4 Å². The van der Waals surface area contributed by atoms with Crippen LogP contribution < -0.4 is 16.0 Å². The number of aromatic nitrogens is 2. The molecule has 2 aliphatic rings. The molecule has 9 nitrogen and oxygen atoms in total. The molecule has 1 heterocycles. The zero-order chi connectivity index (χ0) is 23.3. The van der Waals surface area contributed by atoms with Gasteiger partial charge in [-0.2, -0.15) is 4.98 Å². The Labute approximate surface area is 193 Å². The second-order valence-electron chi connectivity index (χ2n) is 9.08. The van der Waals surface area contributed by atoms with Gasteiger partial charge >= 0.3 is 0 Å². The molecule has 1 aromatic carbocycles. The smallest absolute Gasteiger partial charge is 0.227 e. The molecule has 9 heteroatoms. The fourth-order valence-electron chi connectivity index (χ4n) is 4.33. The number of rotatable bonds is 8. The topological polar surface area (TPSA) is 126 Å². The van der Waals surface area contributed by atoms with Crippen molar-refractivity contribution in [1.82, 2.24) is 15.5 Å². The number of anilines is 2. The average molecular weight is 454 g/mol. The van der Waals surface area contributed by atoms with E-state index in [-0.39, 0.29) is 30.1 Å². The van der Waals surface area contributed by atoms with Crippen molar-refractivity contribution in [2.75, 3.05) is 10.6 Å². The molecule has 2 fully saturated rings.